The molecule has 0 N–H and O–H groups in total. The number of ether oxygens (including phenoxy) is 1. The summed E-state index contributed by atoms with van der Waals surface area (Å²) in [6.07, 6.45) is 0. The summed E-state index contributed by atoms with van der Waals surface area (Å²) < 4.78 is 5.27. The van der Waals surface area contributed by atoms with Crippen LogP contribution in [0.3, 0.4) is 0 Å². The van der Waals surface area contributed by atoms with Crippen LogP contribution in [0.4, 0.5) is 5.69 Å². The lowest BCUT2D eigenvalue weighted by atomic mass is 10.2. The van der Waals surface area contributed by atoms with Gasteiger partial charge in [0.25, 0.3) is 5.69 Å². The lowest BCUT2D eigenvalue weighted by molar-refractivity contribution is -0.385. The van der Waals surface area contributed by atoms with Gasteiger partial charge >= 0.3 is 5.97 Å². The van der Waals surface area contributed by atoms with E-state index in [0.29, 0.717) is 3.57 Å². The lowest BCUT2D eigenvalue weighted by Gasteiger charge is -2.04. The smallest absolute Gasteiger partial charge is 0.346 e. The van der Waals surface area contributed by atoms with Gasteiger partial charge in [0.05, 0.1) is 11.5 Å². The Morgan fingerprint density at radius 1 is 1.60 bits per heavy atom. The number of hydrogen-bond donors (Lipinski definition) is 0. The summed E-state index contributed by atoms with van der Waals surface area (Å²) in [7, 11) is 0. The molecule has 15 heavy (non-hydrogen) atoms. The molecule has 1 rings (SSSR count). The molecule has 0 radical (unpaired) electrons. The number of nitro benzene ring substituents is 1. The van der Waals surface area contributed by atoms with Gasteiger partial charge in [0.2, 0.25) is 0 Å². The first kappa shape index (κ1) is 11.9. The van der Waals surface area contributed by atoms with Crippen LogP contribution in [0.5, 0.6) is 0 Å². The maximum atomic E-state index is 11.5. The molecule has 0 bridgehead atoms. The fraction of sp³-hybridized carbons (Fsp3) is 0.222. The van der Waals surface area contributed by atoms with Crippen molar-refractivity contribution < 1.29 is 14.5 Å². The molecule has 0 aromatic heterocycles. The first-order valence-corrected chi connectivity index (χ1v) is 5.25. The van der Waals surface area contributed by atoms with Crippen molar-refractivity contribution in [2.75, 3.05) is 6.61 Å². The monoisotopic (exact) mass is 321 g/mol. The third-order valence-electron chi connectivity index (χ3n) is 1.67. The van der Waals surface area contributed by atoms with E-state index in [-0.39, 0.29) is 17.9 Å². The summed E-state index contributed by atoms with van der Waals surface area (Å²) in [5.74, 6) is -0.658. The van der Waals surface area contributed by atoms with E-state index in [4.69, 9.17) is 4.74 Å². The minimum absolute atomic E-state index is 0.0185. The Bertz CT molecular complexity index is 405. The second kappa shape index (κ2) is 5.06. The first-order chi connectivity index (χ1) is 7.07. The number of hydrogen-bond acceptors (Lipinski definition) is 4. The highest BCUT2D eigenvalue weighted by atomic mass is 127. The van der Waals surface area contributed by atoms with Gasteiger partial charge < -0.3 is 4.74 Å². The van der Waals surface area contributed by atoms with Gasteiger partial charge in [-0.15, -0.1) is 0 Å². The zero-order valence-corrected chi connectivity index (χ0v) is 10.1. The highest BCUT2D eigenvalue weighted by molar-refractivity contribution is 14.1. The fourth-order valence-electron chi connectivity index (χ4n) is 1.07. The Morgan fingerprint density at radius 2 is 2.27 bits per heavy atom. The molecular formula is C9H8INO4. The van der Waals surface area contributed by atoms with E-state index >= 15 is 0 Å². The van der Waals surface area contributed by atoms with Crippen LogP contribution < -0.4 is 0 Å². The van der Waals surface area contributed by atoms with Gasteiger partial charge in [-0.25, -0.2) is 4.79 Å². The van der Waals surface area contributed by atoms with Gasteiger partial charge in [-0.3, -0.25) is 10.1 Å². The number of halogens is 1. The third kappa shape index (κ3) is 2.65. The van der Waals surface area contributed by atoms with E-state index in [0.717, 1.165) is 0 Å². The summed E-state index contributed by atoms with van der Waals surface area (Å²) in [4.78, 5) is 21.5. The van der Waals surface area contributed by atoms with Crippen LogP contribution in [0.2, 0.25) is 0 Å². The van der Waals surface area contributed by atoms with Gasteiger partial charge in [0, 0.05) is 9.64 Å². The molecule has 0 unspecified atom stereocenters. The number of rotatable bonds is 3. The molecule has 5 nitrogen and oxygen atoms in total. The number of esters is 1. The highest BCUT2D eigenvalue weighted by Gasteiger charge is 2.23. The second-order valence-corrected chi connectivity index (χ2v) is 3.77. The van der Waals surface area contributed by atoms with Crippen molar-refractivity contribution in [3.63, 3.8) is 0 Å². The standard InChI is InChI=1S/C9H8INO4/c1-2-15-9(12)8-6(10)4-3-5-7(8)11(13)14/h3-5H,2H2,1H3. The van der Waals surface area contributed by atoms with E-state index in [1.54, 1.807) is 13.0 Å². The molecule has 0 fully saturated rings. The van der Waals surface area contributed by atoms with E-state index < -0.39 is 10.9 Å². The Balaban J connectivity index is 3.24. The maximum absolute atomic E-state index is 11.5. The largest absolute Gasteiger partial charge is 0.462 e. The van der Waals surface area contributed by atoms with Gasteiger partial charge in [0.1, 0.15) is 0 Å². The molecule has 0 heterocycles. The second-order valence-electron chi connectivity index (χ2n) is 2.61. The third-order valence-corrected chi connectivity index (χ3v) is 2.57. The average molecular weight is 321 g/mol. The molecule has 0 amide bonds. The Morgan fingerprint density at radius 3 is 2.80 bits per heavy atom. The van der Waals surface area contributed by atoms with Crippen LogP contribution in [-0.4, -0.2) is 17.5 Å². The van der Waals surface area contributed by atoms with E-state index in [9.17, 15) is 14.9 Å². The normalized spacial score (nSPS) is 9.73. The fourth-order valence-corrected chi connectivity index (χ4v) is 1.77. The lowest BCUT2D eigenvalue weighted by Crippen LogP contribution is -2.09. The summed E-state index contributed by atoms with van der Waals surface area (Å²) >= 11 is 1.87. The van der Waals surface area contributed by atoms with Crippen LogP contribution in [-0.2, 0) is 4.74 Å². The Kier molecular flexibility index (Phi) is 4.01. The molecule has 0 saturated heterocycles. The number of nitrogens with zero attached hydrogens (tertiary/aromatic N) is 1. The van der Waals surface area contributed by atoms with Crippen molar-refractivity contribution in [1.82, 2.24) is 0 Å². The zero-order valence-electron chi connectivity index (χ0n) is 7.90. The van der Waals surface area contributed by atoms with Crippen LogP contribution in [0.1, 0.15) is 17.3 Å². The van der Waals surface area contributed by atoms with Gasteiger partial charge in [0.15, 0.2) is 5.56 Å². The van der Waals surface area contributed by atoms with Crippen molar-refractivity contribution in [2.45, 2.75) is 6.92 Å². The van der Waals surface area contributed by atoms with E-state index in [2.05, 4.69) is 0 Å². The highest BCUT2D eigenvalue weighted by Crippen LogP contribution is 2.24. The quantitative estimate of drug-likeness (QED) is 0.371. The van der Waals surface area contributed by atoms with Crippen LogP contribution in [0.25, 0.3) is 0 Å². The zero-order chi connectivity index (χ0) is 11.4. The van der Waals surface area contributed by atoms with Crippen molar-refractivity contribution >= 4 is 34.2 Å². The van der Waals surface area contributed by atoms with Crippen molar-refractivity contribution in [3.05, 3.63) is 37.4 Å². The number of carbonyl (C=O) groups excluding carboxylic acids is 1. The predicted molar refractivity (Wildman–Crippen MR) is 61.8 cm³/mol. The summed E-state index contributed by atoms with van der Waals surface area (Å²) in [5, 5.41) is 10.7. The minimum Gasteiger partial charge on any atom is -0.462 e. The molecular weight excluding hydrogens is 313 g/mol. The average Bonchev–Trinajstić information content (AvgIpc) is 2.17. The number of benzene rings is 1. The molecule has 1 aromatic carbocycles. The Labute approximate surface area is 99.7 Å². The van der Waals surface area contributed by atoms with Gasteiger partial charge in [-0.05, 0) is 35.6 Å². The minimum atomic E-state index is -0.658. The Hall–Kier alpha value is -1.18. The molecule has 0 atom stereocenters. The van der Waals surface area contributed by atoms with Crippen LogP contribution in [0, 0.1) is 13.7 Å². The maximum Gasteiger partial charge on any atom is 0.346 e. The molecule has 80 valence electrons. The molecule has 0 spiro atoms. The van der Waals surface area contributed by atoms with E-state index in [1.165, 1.54) is 12.1 Å². The van der Waals surface area contributed by atoms with Crippen LogP contribution in [0.15, 0.2) is 18.2 Å². The van der Waals surface area contributed by atoms with Crippen molar-refractivity contribution in [3.8, 4) is 0 Å². The molecule has 0 saturated carbocycles. The van der Waals surface area contributed by atoms with Crippen molar-refractivity contribution in [2.24, 2.45) is 0 Å². The topological polar surface area (TPSA) is 69.4 Å². The summed E-state index contributed by atoms with van der Waals surface area (Å²) in [5.41, 5.74) is -0.203. The van der Waals surface area contributed by atoms with Gasteiger partial charge in [-0.2, -0.15) is 0 Å². The summed E-state index contributed by atoms with van der Waals surface area (Å²) in [6.45, 7) is 1.85. The van der Waals surface area contributed by atoms with Gasteiger partial charge in [-0.1, -0.05) is 6.07 Å². The van der Waals surface area contributed by atoms with E-state index in [1.807, 2.05) is 22.6 Å². The molecule has 0 aliphatic carbocycles. The predicted octanol–water partition coefficient (Wildman–Crippen LogP) is 2.38. The SMILES string of the molecule is CCOC(=O)c1c(I)cccc1[N+](=O)[O-]. The molecule has 6 heteroatoms. The summed E-state index contributed by atoms with van der Waals surface area (Å²) in [6, 6.07) is 4.44. The number of nitro groups is 1. The molecule has 0 aliphatic rings. The molecule has 0 aliphatic heterocycles. The number of carbonyl (C=O) groups is 1. The van der Waals surface area contributed by atoms with Crippen LogP contribution >= 0.6 is 22.6 Å². The first-order valence-electron chi connectivity index (χ1n) is 4.18. The van der Waals surface area contributed by atoms with Crippen molar-refractivity contribution in [1.29, 1.82) is 0 Å². The molecule has 1 aromatic rings.